The fourth-order valence-corrected chi connectivity index (χ4v) is 2.36. The second-order valence-electron chi connectivity index (χ2n) is 5.02. The summed E-state index contributed by atoms with van der Waals surface area (Å²) in [5, 5.41) is 4.06. The van der Waals surface area contributed by atoms with Gasteiger partial charge in [-0.05, 0) is 31.0 Å². The first-order valence-corrected chi connectivity index (χ1v) is 7.39. The summed E-state index contributed by atoms with van der Waals surface area (Å²) in [5.41, 5.74) is 1.10. The van der Waals surface area contributed by atoms with Crippen LogP contribution in [0.4, 0.5) is 0 Å². The smallest absolute Gasteiger partial charge is 0.179 e. The zero-order chi connectivity index (χ0) is 14.4. The Labute approximate surface area is 125 Å². The molecule has 1 aromatic carbocycles. The molecule has 0 aromatic heterocycles. The largest absolute Gasteiger partial charge is 0.489 e. The molecule has 1 aliphatic heterocycles. The lowest BCUT2D eigenvalue weighted by Crippen LogP contribution is -2.26. The van der Waals surface area contributed by atoms with Gasteiger partial charge in [0.15, 0.2) is 11.5 Å². The Morgan fingerprint density at radius 3 is 2.95 bits per heavy atom. The minimum Gasteiger partial charge on any atom is -0.489 e. The molecular formula is C15H22ClNO3. The van der Waals surface area contributed by atoms with E-state index in [0.29, 0.717) is 30.0 Å². The van der Waals surface area contributed by atoms with E-state index < -0.39 is 0 Å². The first-order valence-electron chi connectivity index (χ1n) is 7.01. The van der Waals surface area contributed by atoms with Gasteiger partial charge in [-0.1, -0.05) is 11.6 Å². The molecule has 0 aliphatic carbocycles. The Balaban J connectivity index is 1.98. The number of halogens is 1. The fourth-order valence-electron chi connectivity index (χ4n) is 2.08. The highest BCUT2D eigenvalue weighted by Crippen LogP contribution is 2.37. The van der Waals surface area contributed by atoms with Crippen LogP contribution in [0.25, 0.3) is 0 Å². The predicted octanol–water partition coefficient (Wildman–Crippen LogP) is 3.02. The molecule has 20 heavy (non-hydrogen) atoms. The Hall–Kier alpha value is -0.970. The third-order valence-electron chi connectivity index (χ3n) is 3.27. The van der Waals surface area contributed by atoms with Crippen LogP contribution >= 0.6 is 11.6 Å². The van der Waals surface area contributed by atoms with Gasteiger partial charge < -0.3 is 19.5 Å². The van der Waals surface area contributed by atoms with Crippen LogP contribution in [0.5, 0.6) is 11.5 Å². The Morgan fingerprint density at radius 1 is 1.35 bits per heavy atom. The molecule has 0 saturated heterocycles. The molecule has 1 aromatic rings. The predicted molar refractivity (Wildman–Crippen MR) is 79.9 cm³/mol. The van der Waals surface area contributed by atoms with E-state index in [1.807, 2.05) is 12.1 Å². The van der Waals surface area contributed by atoms with Crippen LogP contribution in [-0.2, 0) is 11.3 Å². The lowest BCUT2D eigenvalue weighted by atomic mass is 10.1. The van der Waals surface area contributed by atoms with E-state index in [1.54, 1.807) is 7.11 Å². The molecule has 2 rings (SSSR count). The van der Waals surface area contributed by atoms with Crippen LogP contribution in [0.15, 0.2) is 12.1 Å². The van der Waals surface area contributed by atoms with Gasteiger partial charge in [-0.25, -0.2) is 0 Å². The average Bonchev–Trinajstić information content (AvgIpc) is 2.68. The molecule has 112 valence electrons. The number of benzene rings is 1. The van der Waals surface area contributed by atoms with E-state index in [2.05, 4.69) is 12.2 Å². The maximum Gasteiger partial charge on any atom is 0.179 e. The van der Waals surface area contributed by atoms with E-state index in [0.717, 1.165) is 37.3 Å². The van der Waals surface area contributed by atoms with Crippen LogP contribution in [0.1, 0.15) is 25.3 Å². The van der Waals surface area contributed by atoms with Crippen molar-refractivity contribution in [1.29, 1.82) is 0 Å². The molecule has 1 aliphatic rings. The molecule has 1 atom stereocenters. The molecular weight excluding hydrogens is 278 g/mol. The summed E-state index contributed by atoms with van der Waals surface area (Å²) in [6, 6.07) is 4.33. The SMILES string of the molecule is COCCC(C)NCc1cc(Cl)c2c(c1)OCCCO2. The lowest BCUT2D eigenvalue weighted by Gasteiger charge is -2.15. The Kier molecular flexibility index (Phi) is 5.95. The van der Waals surface area contributed by atoms with Gasteiger partial charge in [0.05, 0.1) is 18.2 Å². The second kappa shape index (κ2) is 7.72. The molecule has 1 heterocycles. The molecule has 0 spiro atoms. The standard InChI is InChI=1S/C15H22ClNO3/c1-11(4-7-18-2)17-10-12-8-13(16)15-14(9-12)19-5-3-6-20-15/h8-9,11,17H,3-7,10H2,1-2H3. The number of ether oxygens (including phenoxy) is 3. The maximum absolute atomic E-state index is 6.27. The summed E-state index contributed by atoms with van der Waals surface area (Å²) in [6.07, 6.45) is 1.86. The minimum atomic E-state index is 0.393. The van der Waals surface area contributed by atoms with Gasteiger partial charge in [0.2, 0.25) is 0 Å². The molecule has 1 unspecified atom stereocenters. The summed E-state index contributed by atoms with van der Waals surface area (Å²) < 4.78 is 16.4. The van der Waals surface area contributed by atoms with E-state index in [-0.39, 0.29) is 0 Å². The van der Waals surface area contributed by atoms with Crippen molar-refractivity contribution in [3.8, 4) is 11.5 Å². The minimum absolute atomic E-state index is 0.393. The highest BCUT2D eigenvalue weighted by molar-refractivity contribution is 6.32. The van der Waals surface area contributed by atoms with Gasteiger partial charge >= 0.3 is 0 Å². The normalized spacial score (nSPS) is 15.8. The van der Waals surface area contributed by atoms with Crippen LogP contribution in [-0.4, -0.2) is 33.0 Å². The number of fused-ring (bicyclic) bond motifs is 1. The monoisotopic (exact) mass is 299 g/mol. The average molecular weight is 300 g/mol. The second-order valence-corrected chi connectivity index (χ2v) is 5.43. The molecule has 0 bridgehead atoms. The van der Waals surface area contributed by atoms with Gasteiger partial charge in [0.1, 0.15) is 0 Å². The lowest BCUT2D eigenvalue weighted by molar-refractivity contribution is 0.184. The first-order chi connectivity index (χ1) is 9.70. The molecule has 5 heteroatoms. The van der Waals surface area contributed by atoms with E-state index in [9.17, 15) is 0 Å². The van der Waals surface area contributed by atoms with Crippen molar-refractivity contribution in [2.75, 3.05) is 26.9 Å². The van der Waals surface area contributed by atoms with Gasteiger partial charge in [0.25, 0.3) is 0 Å². The first kappa shape index (κ1) is 15.4. The highest BCUT2D eigenvalue weighted by atomic mass is 35.5. The van der Waals surface area contributed by atoms with Gasteiger partial charge in [-0.2, -0.15) is 0 Å². The molecule has 1 N–H and O–H groups in total. The zero-order valence-electron chi connectivity index (χ0n) is 12.1. The quantitative estimate of drug-likeness (QED) is 0.876. The van der Waals surface area contributed by atoms with Gasteiger partial charge in [-0.15, -0.1) is 0 Å². The number of methoxy groups -OCH3 is 1. The number of hydrogen-bond donors (Lipinski definition) is 1. The van der Waals surface area contributed by atoms with E-state index >= 15 is 0 Å². The van der Waals surface area contributed by atoms with Crippen LogP contribution in [0, 0.1) is 0 Å². The fraction of sp³-hybridized carbons (Fsp3) is 0.600. The third kappa shape index (κ3) is 4.27. The molecule has 4 nitrogen and oxygen atoms in total. The summed E-state index contributed by atoms with van der Waals surface area (Å²) in [4.78, 5) is 0. The van der Waals surface area contributed by atoms with E-state index in [4.69, 9.17) is 25.8 Å². The number of hydrogen-bond acceptors (Lipinski definition) is 4. The van der Waals surface area contributed by atoms with Crippen molar-refractivity contribution >= 4 is 11.6 Å². The van der Waals surface area contributed by atoms with Crippen molar-refractivity contribution < 1.29 is 14.2 Å². The third-order valence-corrected chi connectivity index (χ3v) is 3.55. The summed E-state index contributed by atoms with van der Waals surface area (Å²) in [5.74, 6) is 1.41. The summed E-state index contributed by atoms with van der Waals surface area (Å²) >= 11 is 6.27. The van der Waals surface area contributed by atoms with Crippen LogP contribution in [0.2, 0.25) is 5.02 Å². The van der Waals surface area contributed by atoms with Crippen molar-refractivity contribution in [1.82, 2.24) is 5.32 Å². The van der Waals surface area contributed by atoms with Crippen LogP contribution in [0.3, 0.4) is 0 Å². The molecule has 0 radical (unpaired) electrons. The topological polar surface area (TPSA) is 39.7 Å². The van der Waals surface area contributed by atoms with Crippen LogP contribution < -0.4 is 14.8 Å². The summed E-state index contributed by atoms with van der Waals surface area (Å²) in [7, 11) is 1.72. The molecule has 0 saturated carbocycles. The highest BCUT2D eigenvalue weighted by Gasteiger charge is 2.15. The van der Waals surface area contributed by atoms with Gasteiger partial charge in [-0.3, -0.25) is 0 Å². The summed E-state index contributed by atoms with van der Waals surface area (Å²) in [6.45, 7) is 4.98. The van der Waals surface area contributed by atoms with Crippen molar-refractivity contribution in [3.63, 3.8) is 0 Å². The van der Waals surface area contributed by atoms with Crippen molar-refractivity contribution in [2.45, 2.75) is 32.4 Å². The zero-order valence-corrected chi connectivity index (χ0v) is 12.8. The maximum atomic E-state index is 6.27. The van der Waals surface area contributed by atoms with Crippen molar-refractivity contribution in [3.05, 3.63) is 22.7 Å². The molecule has 0 fully saturated rings. The van der Waals surface area contributed by atoms with Crippen molar-refractivity contribution in [2.24, 2.45) is 0 Å². The Morgan fingerprint density at radius 2 is 2.15 bits per heavy atom. The number of rotatable bonds is 6. The van der Waals surface area contributed by atoms with Gasteiger partial charge in [0, 0.05) is 32.7 Å². The van der Waals surface area contributed by atoms with E-state index in [1.165, 1.54) is 0 Å². The number of nitrogens with one attached hydrogen (secondary N) is 1. The Bertz CT molecular complexity index is 439. The molecule has 0 amide bonds.